The number of allylic oxidation sites excluding steroid dienone is 1. The van der Waals surface area contributed by atoms with Crippen LogP contribution in [-0.4, -0.2) is 18.9 Å². The number of hydrogen-bond acceptors (Lipinski definition) is 2. The molecular weight excluding hydrogens is 291 g/mol. The van der Waals surface area contributed by atoms with Crippen molar-refractivity contribution in [3.63, 3.8) is 0 Å². The molecule has 0 aliphatic heterocycles. The van der Waals surface area contributed by atoms with Gasteiger partial charge in [0.2, 0.25) is 0 Å². The lowest BCUT2D eigenvalue weighted by molar-refractivity contribution is 0.626. The fourth-order valence-electron chi connectivity index (χ4n) is 3.05. The minimum Gasteiger partial charge on any atom is -0.307 e. The Morgan fingerprint density at radius 2 is 2.04 bits per heavy atom. The van der Waals surface area contributed by atoms with E-state index >= 15 is 0 Å². The highest BCUT2D eigenvalue weighted by Crippen LogP contribution is 2.54. The first-order valence-corrected chi connectivity index (χ1v) is 7.58. The zero-order valence-corrected chi connectivity index (χ0v) is 12.9. The summed E-state index contributed by atoms with van der Waals surface area (Å²) in [5.74, 6) is 1.27. The molecule has 3 aromatic rings. The zero-order chi connectivity index (χ0) is 16.1. The van der Waals surface area contributed by atoms with Crippen LogP contribution in [0, 0.1) is 5.82 Å². The Hall–Kier alpha value is -2.69. The molecule has 0 spiro atoms. The average molecular weight is 308 g/mol. The molecule has 2 unspecified atom stereocenters. The van der Waals surface area contributed by atoms with Crippen LogP contribution in [0.5, 0.6) is 0 Å². The van der Waals surface area contributed by atoms with Crippen LogP contribution in [0.2, 0.25) is 0 Å². The standard InChI is InChI=1S/C18H17FN4/c1-4-22-9-16(21-18(22)11(2)3)14-8-13(14)15-10-23-6-5-12(19)7-17(23)20-15/h4-7,9-10,13-14H,1-2,8H2,3H3. The molecule has 1 aliphatic carbocycles. The summed E-state index contributed by atoms with van der Waals surface area (Å²) in [4.78, 5) is 9.23. The summed E-state index contributed by atoms with van der Waals surface area (Å²) in [7, 11) is 0. The maximum Gasteiger partial charge on any atom is 0.139 e. The third-order valence-electron chi connectivity index (χ3n) is 4.32. The lowest BCUT2D eigenvalue weighted by atomic mass is 10.2. The van der Waals surface area contributed by atoms with Gasteiger partial charge in [0.15, 0.2) is 0 Å². The molecule has 0 bridgehead atoms. The second kappa shape index (κ2) is 4.91. The Kier molecular flexibility index (Phi) is 2.98. The number of nitrogens with zero attached hydrogens (tertiary/aromatic N) is 4. The smallest absolute Gasteiger partial charge is 0.139 e. The van der Waals surface area contributed by atoms with E-state index in [1.165, 1.54) is 12.1 Å². The molecule has 0 radical (unpaired) electrons. The van der Waals surface area contributed by atoms with Gasteiger partial charge in [-0.15, -0.1) is 0 Å². The van der Waals surface area contributed by atoms with Crippen molar-refractivity contribution < 1.29 is 4.39 Å². The van der Waals surface area contributed by atoms with Gasteiger partial charge >= 0.3 is 0 Å². The van der Waals surface area contributed by atoms with Crippen LogP contribution in [-0.2, 0) is 0 Å². The number of aromatic nitrogens is 4. The van der Waals surface area contributed by atoms with Gasteiger partial charge in [0.05, 0.1) is 11.4 Å². The molecule has 4 rings (SSSR count). The largest absolute Gasteiger partial charge is 0.307 e. The topological polar surface area (TPSA) is 35.1 Å². The molecule has 0 amide bonds. The van der Waals surface area contributed by atoms with E-state index in [1.54, 1.807) is 12.4 Å². The zero-order valence-electron chi connectivity index (χ0n) is 12.9. The average Bonchev–Trinajstić information content (AvgIpc) is 3.03. The quantitative estimate of drug-likeness (QED) is 0.728. The molecule has 4 nitrogen and oxygen atoms in total. The summed E-state index contributed by atoms with van der Waals surface area (Å²) in [6, 6.07) is 2.89. The van der Waals surface area contributed by atoms with E-state index in [9.17, 15) is 4.39 Å². The van der Waals surface area contributed by atoms with E-state index in [0.717, 1.165) is 29.2 Å². The Labute approximate surface area is 133 Å². The SMILES string of the molecule is C=Cn1cc(C2CC2c2cn3ccc(F)cc3n2)nc1C(=C)C. The predicted octanol–water partition coefficient (Wildman–Crippen LogP) is 4.07. The minimum absolute atomic E-state index is 0.266. The molecule has 3 heterocycles. The summed E-state index contributed by atoms with van der Waals surface area (Å²) in [5, 5.41) is 0. The molecule has 1 fully saturated rings. The van der Waals surface area contributed by atoms with Crippen molar-refractivity contribution in [2.45, 2.75) is 25.2 Å². The van der Waals surface area contributed by atoms with Gasteiger partial charge in [-0.05, 0) is 25.0 Å². The maximum absolute atomic E-state index is 13.3. The van der Waals surface area contributed by atoms with Crippen LogP contribution in [0.4, 0.5) is 4.39 Å². The minimum atomic E-state index is -0.266. The van der Waals surface area contributed by atoms with Crippen molar-refractivity contribution in [2.24, 2.45) is 0 Å². The van der Waals surface area contributed by atoms with Crippen LogP contribution >= 0.6 is 0 Å². The summed E-state index contributed by atoms with van der Waals surface area (Å²) in [6.45, 7) is 9.71. The lowest BCUT2D eigenvalue weighted by Crippen LogP contribution is -1.90. The van der Waals surface area contributed by atoms with Crippen molar-refractivity contribution in [2.75, 3.05) is 0 Å². The molecule has 0 aromatic carbocycles. The molecule has 1 aliphatic rings. The fourth-order valence-corrected chi connectivity index (χ4v) is 3.05. The molecule has 5 heteroatoms. The van der Waals surface area contributed by atoms with Gasteiger partial charge < -0.3 is 8.97 Å². The number of pyridine rings is 1. The van der Waals surface area contributed by atoms with Gasteiger partial charge in [-0.2, -0.15) is 0 Å². The molecule has 1 saturated carbocycles. The summed E-state index contributed by atoms with van der Waals surface area (Å²) in [5.41, 5.74) is 3.59. The predicted molar refractivity (Wildman–Crippen MR) is 88.6 cm³/mol. The highest BCUT2D eigenvalue weighted by Gasteiger charge is 2.43. The Balaban J connectivity index is 1.64. The first-order valence-electron chi connectivity index (χ1n) is 7.58. The highest BCUT2D eigenvalue weighted by atomic mass is 19.1. The first-order chi connectivity index (χ1) is 11.1. The van der Waals surface area contributed by atoms with Crippen molar-refractivity contribution in [1.82, 2.24) is 18.9 Å². The van der Waals surface area contributed by atoms with E-state index in [4.69, 9.17) is 0 Å². The second-order valence-electron chi connectivity index (χ2n) is 6.08. The number of imidazole rings is 2. The third-order valence-corrected chi connectivity index (χ3v) is 4.32. The maximum atomic E-state index is 13.3. The van der Waals surface area contributed by atoms with Gasteiger partial charge in [0.25, 0.3) is 0 Å². The van der Waals surface area contributed by atoms with Gasteiger partial charge in [0.1, 0.15) is 17.3 Å². The Morgan fingerprint density at radius 3 is 2.70 bits per heavy atom. The van der Waals surface area contributed by atoms with Gasteiger partial charge in [0, 0.05) is 42.7 Å². The molecule has 2 atom stereocenters. The Bertz CT molecular complexity index is 934. The highest BCUT2D eigenvalue weighted by molar-refractivity contribution is 5.58. The second-order valence-corrected chi connectivity index (χ2v) is 6.08. The summed E-state index contributed by atoms with van der Waals surface area (Å²) in [6.07, 6.45) is 8.44. The van der Waals surface area contributed by atoms with Crippen LogP contribution in [0.3, 0.4) is 0 Å². The Morgan fingerprint density at radius 1 is 1.30 bits per heavy atom. The number of halogens is 1. The third kappa shape index (κ3) is 2.29. The molecule has 23 heavy (non-hydrogen) atoms. The van der Waals surface area contributed by atoms with Gasteiger partial charge in [-0.25, -0.2) is 14.4 Å². The van der Waals surface area contributed by atoms with Crippen LogP contribution < -0.4 is 0 Å². The van der Waals surface area contributed by atoms with E-state index < -0.39 is 0 Å². The van der Waals surface area contributed by atoms with Crippen molar-refractivity contribution in [3.8, 4) is 0 Å². The summed E-state index contributed by atoms with van der Waals surface area (Å²) >= 11 is 0. The van der Waals surface area contributed by atoms with Crippen LogP contribution in [0.1, 0.15) is 42.4 Å². The molecule has 0 saturated heterocycles. The monoisotopic (exact) mass is 308 g/mol. The number of rotatable bonds is 4. The van der Waals surface area contributed by atoms with Gasteiger partial charge in [-0.3, -0.25) is 0 Å². The van der Waals surface area contributed by atoms with Crippen molar-refractivity contribution >= 4 is 17.4 Å². The van der Waals surface area contributed by atoms with Crippen molar-refractivity contribution in [1.29, 1.82) is 0 Å². The molecule has 116 valence electrons. The van der Waals surface area contributed by atoms with Crippen LogP contribution in [0.25, 0.3) is 17.4 Å². The van der Waals surface area contributed by atoms with Crippen molar-refractivity contribution in [3.05, 3.63) is 66.9 Å². The molecule has 3 aromatic heterocycles. The van der Waals surface area contributed by atoms with E-state index in [-0.39, 0.29) is 5.82 Å². The lowest BCUT2D eigenvalue weighted by Gasteiger charge is -1.98. The normalized spacial score (nSPS) is 19.9. The van der Waals surface area contributed by atoms with Gasteiger partial charge in [-0.1, -0.05) is 13.2 Å². The number of hydrogen-bond donors (Lipinski definition) is 0. The number of fused-ring (bicyclic) bond motifs is 1. The van der Waals surface area contributed by atoms with E-state index in [0.29, 0.717) is 17.5 Å². The summed E-state index contributed by atoms with van der Waals surface area (Å²) < 4.78 is 17.0. The van der Waals surface area contributed by atoms with E-state index in [1.807, 2.05) is 28.3 Å². The van der Waals surface area contributed by atoms with E-state index in [2.05, 4.69) is 23.1 Å². The first kappa shape index (κ1) is 13.9. The fraction of sp³-hybridized carbons (Fsp3) is 0.222. The molecule has 0 N–H and O–H groups in total. The molecular formula is C18H17FN4. The van der Waals surface area contributed by atoms with Crippen LogP contribution in [0.15, 0.2) is 43.9 Å².